The summed E-state index contributed by atoms with van der Waals surface area (Å²) in [6.07, 6.45) is 1.03. The first-order valence-electron chi connectivity index (χ1n) is 6.56. The van der Waals surface area contributed by atoms with Crippen LogP contribution >= 0.6 is 11.3 Å². The number of fused-ring (bicyclic) bond motifs is 1. The lowest BCUT2D eigenvalue weighted by atomic mass is 9.98. The second kappa shape index (κ2) is 5.55. The van der Waals surface area contributed by atoms with E-state index in [0.717, 1.165) is 6.42 Å². The van der Waals surface area contributed by atoms with Crippen molar-refractivity contribution in [1.29, 1.82) is 0 Å². The highest BCUT2D eigenvalue weighted by Crippen LogP contribution is 2.31. The first-order valence-corrected chi connectivity index (χ1v) is 7.44. The van der Waals surface area contributed by atoms with E-state index in [2.05, 4.69) is 65.3 Å². The molecule has 0 saturated heterocycles. The van der Waals surface area contributed by atoms with E-state index in [9.17, 15) is 0 Å². The number of nitrogens with one attached hydrogen (secondary N) is 1. The lowest BCUT2D eigenvalue weighted by Crippen LogP contribution is -2.18. The van der Waals surface area contributed by atoms with Gasteiger partial charge in [-0.2, -0.15) is 0 Å². The molecule has 1 unspecified atom stereocenters. The molecule has 0 aliphatic rings. The van der Waals surface area contributed by atoms with Crippen LogP contribution < -0.4 is 5.32 Å². The van der Waals surface area contributed by atoms with Gasteiger partial charge < -0.3 is 5.32 Å². The van der Waals surface area contributed by atoms with Crippen LogP contribution in [-0.2, 0) is 6.42 Å². The quantitative estimate of drug-likeness (QED) is 0.738. The summed E-state index contributed by atoms with van der Waals surface area (Å²) in [6.45, 7) is 0. The summed E-state index contributed by atoms with van der Waals surface area (Å²) in [4.78, 5) is 0. The number of hydrogen-bond acceptors (Lipinski definition) is 2. The first kappa shape index (κ1) is 12.4. The molecule has 0 spiro atoms. The molecule has 0 amide bonds. The summed E-state index contributed by atoms with van der Waals surface area (Å²) in [5.74, 6) is 0. The normalized spacial score (nSPS) is 12.7. The Morgan fingerprint density at radius 2 is 1.74 bits per heavy atom. The van der Waals surface area contributed by atoms with Gasteiger partial charge in [-0.15, -0.1) is 11.3 Å². The molecule has 3 rings (SSSR count). The summed E-state index contributed by atoms with van der Waals surface area (Å²) in [6, 6.07) is 19.7. The van der Waals surface area contributed by atoms with E-state index >= 15 is 0 Å². The van der Waals surface area contributed by atoms with Crippen molar-refractivity contribution >= 4 is 21.4 Å². The van der Waals surface area contributed by atoms with E-state index in [1.54, 1.807) is 0 Å². The molecule has 19 heavy (non-hydrogen) atoms. The second-order valence-corrected chi connectivity index (χ2v) is 5.63. The average Bonchev–Trinajstić information content (AvgIpc) is 2.90. The van der Waals surface area contributed by atoms with Crippen LogP contribution in [0.2, 0.25) is 0 Å². The number of likely N-dealkylation sites (N-methyl/N-ethyl adjacent to an activating group) is 1. The molecule has 1 nitrogen and oxygen atoms in total. The maximum atomic E-state index is 3.45. The molecule has 0 saturated carbocycles. The molecule has 0 aliphatic heterocycles. The monoisotopic (exact) mass is 267 g/mol. The first-order chi connectivity index (χ1) is 9.38. The maximum Gasteiger partial charge on any atom is 0.0372 e. The molecule has 1 N–H and O–H groups in total. The van der Waals surface area contributed by atoms with Crippen LogP contribution in [0.25, 0.3) is 10.1 Å². The van der Waals surface area contributed by atoms with E-state index in [4.69, 9.17) is 0 Å². The number of hydrogen-bond donors (Lipinski definition) is 1. The van der Waals surface area contributed by atoms with Crippen LogP contribution in [0.5, 0.6) is 0 Å². The van der Waals surface area contributed by atoms with Gasteiger partial charge in [-0.1, -0.05) is 48.5 Å². The molecule has 0 fully saturated rings. The summed E-state index contributed by atoms with van der Waals surface area (Å²) in [5, 5.41) is 7.12. The highest BCUT2D eigenvalue weighted by molar-refractivity contribution is 7.17. The number of benzene rings is 2. The topological polar surface area (TPSA) is 12.0 Å². The van der Waals surface area contributed by atoms with Crippen LogP contribution in [0.1, 0.15) is 17.2 Å². The molecule has 2 heteroatoms. The highest BCUT2D eigenvalue weighted by Gasteiger charge is 2.14. The summed E-state index contributed by atoms with van der Waals surface area (Å²) >= 11 is 1.83. The van der Waals surface area contributed by atoms with Crippen molar-refractivity contribution in [3.63, 3.8) is 0 Å². The van der Waals surface area contributed by atoms with Crippen LogP contribution in [0.15, 0.2) is 60.0 Å². The third-order valence-electron chi connectivity index (χ3n) is 3.52. The molecule has 1 heterocycles. The zero-order valence-electron chi connectivity index (χ0n) is 11.0. The minimum Gasteiger partial charge on any atom is -0.313 e. The number of thiophene rings is 1. The zero-order chi connectivity index (χ0) is 13.1. The van der Waals surface area contributed by atoms with Crippen molar-refractivity contribution in [3.05, 3.63) is 71.1 Å². The van der Waals surface area contributed by atoms with E-state index in [-0.39, 0.29) is 0 Å². The Balaban J connectivity index is 1.94. The SMILES string of the molecule is CNC(Cc1ccccc1)c1csc2ccccc12. The van der Waals surface area contributed by atoms with Gasteiger partial charge in [-0.25, -0.2) is 0 Å². The van der Waals surface area contributed by atoms with Gasteiger partial charge in [0, 0.05) is 10.7 Å². The fraction of sp³-hybridized carbons (Fsp3) is 0.176. The molecule has 1 atom stereocenters. The fourth-order valence-corrected chi connectivity index (χ4v) is 3.50. The molecule has 0 bridgehead atoms. The average molecular weight is 267 g/mol. The smallest absolute Gasteiger partial charge is 0.0372 e. The van der Waals surface area contributed by atoms with Crippen LogP contribution in [-0.4, -0.2) is 7.05 Å². The number of rotatable bonds is 4. The Morgan fingerprint density at radius 3 is 2.53 bits per heavy atom. The van der Waals surface area contributed by atoms with E-state index < -0.39 is 0 Å². The predicted octanol–water partition coefficient (Wildman–Crippen LogP) is 4.40. The van der Waals surface area contributed by atoms with Gasteiger partial charge in [0.25, 0.3) is 0 Å². The molecule has 0 aliphatic carbocycles. The van der Waals surface area contributed by atoms with Crippen molar-refractivity contribution in [1.82, 2.24) is 5.32 Å². The van der Waals surface area contributed by atoms with Gasteiger partial charge in [-0.05, 0) is 41.4 Å². The molecule has 3 aromatic rings. The Bertz CT molecular complexity index is 657. The van der Waals surface area contributed by atoms with Crippen LogP contribution in [0.3, 0.4) is 0 Å². The third-order valence-corrected chi connectivity index (χ3v) is 4.50. The van der Waals surface area contributed by atoms with Gasteiger partial charge in [-0.3, -0.25) is 0 Å². The van der Waals surface area contributed by atoms with Crippen molar-refractivity contribution in [2.75, 3.05) is 7.05 Å². The third kappa shape index (κ3) is 2.55. The van der Waals surface area contributed by atoms with Crippen molar-refractivity contribution in [2.24, 2.45) is 0 Å². The Labute approximate surface area is 117 Å². The summed E-state index contributed by atoms with van der Waals surface area (Å²) in [5.41, 5.74) is 2.78. The molecule has 0 radical (unpaired) electrons. The van der Waals surface area contributed by atoms with Gasteiger partial charge in [0.1, 0.15) is 0 Å². The Hall–Kier alpha value is -1.64. The van der Waals surface area contributed by atoms with E-state index in [0.29, 0.717) is 6.04 Å². The standard InChI is InChI=1S/C17H17NS/c1-18-16(11-13-7-3-2-4-8-13)15-12-19-17-10-6-5-9-14(15)17/h2-10,12,16,18H,11H2,1H3. The minimum atomic E-state index is 0.374. The minimum absolute atomic E-state index is 0.374. The van der Waals surface area contributed by atoms with Crippen molar-refractivity contribution in [3.8, 4) is 0 Å². The summed E-state index contributed by atoms with van der Waals surface area (Å²) in [7, 11) is 2.04. The highest BCUT2D eigenvalue weighted by atomic mass is 32.1. The largest absolute Gasteiger partial charge is 0.313 e. The fourth-order valence-electron chi connectivity index (χ4n) is 2.49. The predicted molar refractivity (Wildman–Crippen MR) is 83.8 cm³/mol. The van der Waals surface area contributed by atoms with Crippen LogP contribution in [0.4, 0.5) is 0 Å². The maximum absolute atomic E-state index is 3.45. The van der Waals surface area contributed by atoms with Gasteiger partial charge in [0.15, 0.2) is 0 Å². The molecular formula is C17H17NS. The van der Waals surface area contributed by atoms with Crippen LogP contribution in [0, 0.1) is 0 Å². The lowest BCUT2D eigenvalue weighted by Gasteiger charge is -2.16. The van der Waals surface area contributed by atoms with E-state index in [1.807, 2.05) is 18.4 Å². The van der Waals surface area contributed by atoms with Crippen molar-refractivity contribution in [2.45, 2.75) is 12.5 Å². The Kier molecular flexibility index (Phi) is 3.62. The van der Waals surface area contributed by atoms with Gasteiger partial charge >= 0.3 is 0 Å². The Morgan fingerprint density at radius 1 is 1.00 bits per heavy atom. The molecule has 96 valence electrons. The summed E-state index contributed by atoms with van der Waals surface area (Å²) < 4.78 is 1.37. The molecular weight excluding hydrogens is 250 g/mol. The molecule has 2 aromatic carbocycles. The molecule has 1 aromatic heterocycles. The van der Waals surface area contributed by atoms with E-state index in [1.165, 1.54) is 21.2 Å². The lowest BCUT2D eigenvalue weighted by molar-refractivity contribution is 0.598. The second-order valence-electron chi connectivity index (χ2n) is 4.72. The van der Waals surface area contributed by atoms with Gasteiger partial charge in [0.2, 0.25) is 0 Å². The zero-order valence-corrected chi connectivity index (χ0v) is 11.8. The van der Waals surface area contributed by atoms with Gasteiger partial charge in [0.05, 0.1) is 0 Å². The van der Waals surface area contributed by atoms with Crippen molar-refractivity contribution < 1.29 is 0 Å².